The fraction of sp³-hybridized carbons (Fsp3) is 0.100. The topological polar surface area (TPSA) is 38.9 Å². The van der Waals surface area contributed by atoms with Crippen LogP contribution in [0, 0.1) is 6.92 Å². The summed E-state index contributed by atoms with van der Waals surface area (Å²) in [7, 11) is 0. The Labute approximate surface area is 81.3 Å². The van der Waals surface area contributed by atoms with Crippen molar-refractivity contribution in [2.24, 2.45) is 0 Å². The van der Waals surface area contributed by atoms with Crippen LogP contribution in [-0.4, -0.2) is 4.98 Å². The first-order chi connectivity index (χ1) is 6.18. The number of benzene rings is 1. The molecule has 0 atom stereocenters. The summed E-state index contributed by atoms with van der Waals surface area (Å²) < 4.78 is 0. The van der Waals surface area contributed by atoms with E-state index in [2.05, 4.69) is 4.98 Å². The minimum Gasteiger partial charge on any atom is -0.397 e. The minimum atomic E-state index is 0.511. The number of hydrogen-bond donors (Lipinski definition) is 1. The van der Waals surface area contributed by atoms with Crippen LogP contribution in [0.2, 0.25) is 5.02 Å². The summed E-state index contributed by atoms with van der Waals surface area (Å²) in [4.78, 5) is 4.19. The van der Waals surface area contributed by atoms with Gasteiger partial charge in [-0.15, -0.1) is 0 Å². The van der Waals surface area contributed by atoms with E-state index in [0.717, 1.165) is 10.9 Å². The third kappa shape index (κ3) is 1.33. The maximum atomic E-state index is 5.84. The van der Waals surface area contributed by atoms with Crippen LogP contribution in [0.3, 0.4) is 0 Å². The lowest BCUT2D eigenvalue weighted by atomic mass is 10.1. The van der Waals surface area contributed by atoms with Gasteiger partial charge in [-0.25, -0.2) is 0 Å². The van der Waals surface area contributed by atoms with Crippen molar-refractivity contribution in [2.75, 3.05) is 5.73 Å². The highest BCUT2D eigenvalue weighted by Gasteiger charge is 2.02. The van der Waals surface area contributed by atoms with Gasteiger partial charge in [0, 0.05) is 11.6 Å². The molecule has 2 rings (SSSR count). The van der Waals surface area contributed by atoms with E-state index in [0.29, 0.717) is 10.7 Å². The van der Waals surface area contributed by atoms with Gasteiger partial charge in [0.1, 0.15) is 0 Å². The highest BCUT2D eigenvalue weighted by atomic mass is 35.5. The fourth-order valence-electron chi connectivity index (χ4n) is 1.30. The molecule has 0 aliphatic heterocycles. The lowest BCUT2D eigenvalue weighted by Gasteiger charge is -2.03. The molecule has 1 aromatic heterocycles. The number of nitrogens with zero attached hydrogens (tertiary/aromatic N) is 1. The summed E-state index contributed by atoms with van der Waals surface area (Å²) in [6.07, 6.45) is 1.58. The predicted octanol–water partition coefficient (Wildman–Crippen LogP) is 2.78. The third-order valence-corrected chi connectivity index (χ3v) is 2.32. The van der Waals surface area contributed by atoms with E-state index < -0.39 is 0 Å². The van der Waals surface area contributed by atoms with Crippen molar-refractivity contribution in [1.29, 1.82) is 0 Å². The molecule has 2 aromatic rings. The molecule has 1 heterocycles. The normalized spacial score (nSPS) is 10.6. The van der Waals surface area contributed by atoms with Crippen LogP contribution in [0.4, 0.5) is 5.69 Å². The number of aromatic nitrogens is 1. The third-order valence-electron chi connectivity index (χ3n) is 2.02. The van der Waals surface area contributed by atoms with Gasteiger partial charge in [-0.3, -0.25) is 4.98 Å². The van der Waals surface area contributed by atoms with Crippen molar-refractivity contribution in [3.05, 3.63) is 35.0 Å². The number of halogens is 1. The minimum absolute atomic E-state index is 0.511. The Kier molecular flexibility index (Phi) is 1.85. The van der Waals surface area contributed by atoms with Gasteiger partial charge in [-0.05, 0) is 18.6 Å². The van der Waals surface area contributed by atoms with Gasteiger partial charge in [0.25, 0.3) is 0 Å². The van der Waals surface area contributed by atoms with Crippen molar-refractivity contribution in [1.82, 2.24) is 4.98 Å². The molecule has 2 nitrogen and oxygen atoms in total. The molecule has 3 heteroatoms. The van der Waals surface area contributed by atoms with Gasteiger partial charge in [0.2, 0.25) is 0 Å². The fourth-order valence-corrected chi connectivity index (χ4v) is 1.45. The molecule has 0 fully saturated rings. The molecule has 0 saturated carbocycles. The molecule has 0 aliphatic rings. The van der Waals surface area contributed by atoms with Crippen LogP contribution in [0.1, 0.15) is 5.56 Å². The SMILES string of the molecule is Cc1ccc2c(N)c(Cl)cnc2c1. The van der Waals surface area contributed by atoms with Gasteiger partial charge < -0.3 is 5.73 Å². The lowest BCUT2D eigenvalue weighted by Crippen LogP contribution is -1.90. The molecular formula is C10H9ClN2. The first kappa shape index (κ1) is 8.32. The van der Waals surface area contributed by atoms with Gasteiger partial charge in [-0.2, -0.15) is 0 Å². The maximum Gasteiger partial charge on any atom is 0.0825 e. The average Bonchev–Trinajstić information content (AvgIpc) is 2.12. The van der Waals surface area contributed by atoms with E-state index in [9.17, 15) is 0 Å². The number of fused-ring (bicyclic) bond motifs is 1. The summed E-state index contributed by atoms with van der Waals surface area (Å²) in [6, 6.07) is 5.93. The van der Waals surface area contributed by atoms with Crippen molar-refractivity contribution in [3.63, 3.8) is 0 Å². The van der Waals surface area contributed by atoms with Crippen molar-refractivity contribution >= 4 is 28.2 Å². The second-order valence-electron chi connectivity index (χ2n) is 3.04. The quantitative estimate of drug-likeness (QED) is 0.697. The summed E-state index contributed by atoms with van der Waals surface area (Å²) in [5.41, 5.74) is 8.46. The van der Waals surface area contributed by atoms with Gasteiger partial charge in [-0.1, -0.05) is 23.7 Å². The number of aryl methyl sites for hydroxylation is 1. The Bertz CT molecular complexity index is 466. The Morgan fingerprint density at radius 3 is 2.92 bits per heavy atom. The first-order valence-corrected chi connectivity index (χ1v) is 4.36. The molecule has 1 aromatic carbocycles. The van der Waals surface area contributed by atoms with Crippen LogP contribution < -0.4 is 5.73 Å². The molecular weight excluding hydrogens is 184 g/mol. The van der Waals surface area contributed by atoms with Gasteiger partial charge in [0.05, 0.1) is 16.2 Å². The van der Waals surface area contributed by atoms with E-state index in [1.54, 1.807) is 6.20 Å². The number of rotatable bonds is 0. The largest absolute Gasteiger partial charge is 0.397 e. The van der Waals surface area contributed by atoms with E-state index >= 15 is 0 Å². The molecule has 0 amide bonds. The van der Waals surface area contributed by atoms with Crippen molar-refractivity contribution in [2.45, 2.75) is 6.92 Å². The Hall–Kier alpha value is -1.28. The van der Waals surface area contributed by atoms with Crippen LogP contribution >= 0.6 is 11.6 Å². The summed E-state index contributed by atoms with van der Waals surface area (Å²) >= 11 is 5.84. The molecule has 0 aliphatic carbocycles. The zero-order chi connectivity index (χ0) is 9.42. The lowest BCUT2D eigenvalue weighted by molar-refractivity contribution is 1.39. The van der Waals surface area contributed by atoms with E-state index in [-0.39, 0.29) is 0 Å². The second-order valence-corrected chi connectivity index (χ2v) is 3.45. The maximum absolute atomic E-state index is 5.84. The molecule has 66 valence electrons. The molecule has 0 saturated heterocycles. The molecule has 0 bridgehead atoms. The highest BCUT2D eigenvalue weighted by Crippen LogP contribution is 2.26. The molecule has 2 N–H and O–H groups in total. The number of hydrogen-bond acceptors (Lipinski definition) is 2. The van der Waals surface area contributed by atoms with Gasteiger partial charge >= 0.3 is 0 Å². The summed E-state index contributed by atoms with van der Waals surface area (Å²) in [6.45, 7) is 2.02. The van der Waals surface area contributed by atoms with Crippen molar-refractivity contribution < 1.29 is 0 Å². The standard InChI is InChI=1S/C10H9ClN2/c1-6-2-3-7-9(4-6)13-5-8(11)10(7)12/h2-5H,1H3,(H2,12,13). The molecule has 13 heavy (non-hydrogen) atoms. The Morgan fingerprint density at radius 1 is 1.38 bits per heavy atom. The van der Waals surface area contributed by atoms with E-state index in [1.165, 1.54) is 5.56 Å². The van der Waals surface area contributed by atoms with Crippen LogP contribution in [0.5, 0.6) is 0 Å². The zero-order valence-electron chi connectivity index (χ0n) is 7.21. The molecule has 0 spiro atoms. The number of anilines is 1. The first-order valence-electron chi connectivity index (χ1n) is 3.99. The molecule has 0 unspecified atom stereocenters. The highest BCUT2D eigenvalue weighted by molar-refractivity contribution is 6.34. The van der Waals surface area contributed by atoms with Crippen LogP contribution in [0.25, 0.3) is 10.9 Å². The Balaban J connectivity index is 2.87. The van der Waals surface area contributed by atoms with E-state index in [1.807, 2.05) is 25.1 Å². The number of pyridine rings is 1. The van der Waals surface area contributed by atoms with Crippen LogP contribution in [-0.2, 0) is 0 Å². The van der Waals surface area contributed by atoms with Crippen LogP contribution in [0.15, 0.2) is 24.4 Å². The molecule has 0 radical (unpaired) electrons. The van der Waals surface area contributed by atoms with Crippen molar-refractivity contribution in [3.8, 4) is 0 Å². The smallest absolute Gasteiger partial charge is 0.0825 e. The summed E-state index contributed by atoms with van der Waals surface area (Å²) in [5, 5.41) is 1.43. The number of nitrogen functional groups attached to an aromatic ring is 1. The monoisotopic (exact) mass is 192 g/mol. The van der Waals surface area contributed by atoms with E-state index in [4.69, 9.17) is 17.3 Å². The summed E-state index contributed by atoms with van der Waals surface area (Å²) in [5.74, 6) is 0. The zero-order valence-corrected chi connectivity index (χ0v) is 7.97. The second kappa shape index (κ2) is 2.89. The Morgan fingerprint density at radius 2 is 2.15 bits per heavy atom. The average molecular weight is 193 g/mol. The predicted molar refractivity (Wildman–Crippen MR) is 55.9 cm³/mol. The van der Waals surface area contributed by atoms with Gasteiger partial charge in [0.15, 0.2) is 0 Å². The number of nitrogens with two attached hydrogens (primary N) is 1.